The minimum absolute atomic E-state index is 0.00137. The average Bonchev–Trinajstić information content (AvgIpc) is 3.06. The lowest BCUT2D eigenvalue weighted by Crippen LogP contribution is -2.50. The van der Waals surface area contributed by atoms with E-state index in [-0.39, 0.29) is 29.5 Å². The van der Waals surface area contributed by atoms with Crippen molar-refractivity contribution >= 4 is 28.3 Å². The van der Waals surface area contributed by atoms with Gasteiger partial charge in [-0.15, -0.1) is 10.2 Å². The molecule has 1 aromatic heterocycles. The second-order valence-electron chi connectivity index (χ2n) is 6.91. The van der Waals surface area contributed by atoms with Gasteiger partial charge in [-0.3, -0.25) is 14.9 Å². The number of hydrogen-bond donors (Lipinski definition) is 2. The lowest BCUT2D eigenvalue weighted by molar-refractivity contribution is -0.132. The van der Waals surface area contributed by atoms with Crippen LogP contribution in [0.25, 0.3) is 10.6 Å². The number of nitrogens with one attached hydrogen (secondary N) is 2. The van der Waals surface area contributed by atoms with Crippen LogP contribution in [0.1, 0.15) is 39.5 Å². The highest BCUT2D eigenvalue weighted by atomic mass is 32.1. The number of rotatable bonds is 7. The fraction of sp³-hybridized carbons (Fsp3) is 0.474. The number of aromatic nitrogens is 2. The number of hydrogen-bond acceptors (Lipinski definition) is 5. The van der Waals surface area contributed by atoms with Crippen LogP contribution >= 0.6 is 11.3 Å². The highest BCUT2D eigenvalue weighted by molar-refractivity contribution is 7.18. The van der Waals surface area contributed by atoms with Crippen molar-refractivity contribution in [2.45, 2.75) is 45.6 Å². The van der Waals surface area contributed by atoms with Crippen molar-refractivity contribution in [1.29, 1.82) is 0 Å². The Balaban J connectivity index is 1.67. The zero-order valence-electron chi connectivity index (χ0n) is 15.4. The van der Waals surface area contributed by atoms with Gasteiger partial charge < -0.3 is 5.32 Å². The molecule has 27 heavy (non-hydrogen) atoms. The molecule has 2 atom stereocenters. The molecule has 1 aromatic carbocycles. The van der Waals surface area contributed by atoms with E-state index >= 15 is 0 Å². The molecule has 0 spiro atoms. The molecule has 2 aromatic rings. The summed E-state index contributed by atoms with van der Waals surface area (Å²) < 4.78 is 13.0. The molecule has 0 radical (unpaired) electrons. The maximum Gasteiger partial charge on any atom is 0.249 e. The monoisotopic (exact) mass is 390 g/mol. The zero-order chi connectivity index (χ0) is 19.4. The van der Waals surface area contributed by atoms with E-state index in [1.54, 1.807) is 12.1 Å². The maximum absolute atomic E-state index is 13.0. The Labute approximate surface area is 161 Å². The number of halogens is 1. The number of benzene rings is 1. The summed E-state index contributed by atoms with van der Waals surface area (Å²) in [7, 11) is 0. The molecule has 144 valence electrons. The van der Waals surface area contributed by atoms with Crippen LogP contribution in [-0.4, -0.2) is 28.1 Å². The SMILES string of the molecule is CC[C@@H](C)[C@@H](NC(=O)C1CCC1)C(=O)Nc1nnc(-c2ccc(F)cc2)s1. The third-order valence-corrected chi connectivity index (χ3v) is 5.90. The van der Waals surface area contributed by atoms with Crippen LogP contribution in [0.5, 0.6) is 0 Å². The van der Waals surface area contributed by atoms with E-state index in [9.17, 15) is 14.0 Å². The smallest absolute Gasteiger partial charge is 0.249 e. The number of amides is 2. The molecule has 2 N–H and O–H groups in total. The first-order chi connectivity index (χ1) is 13.0. The standard InChI is InChI=1S/C19H23FN4O2S/c1-3-11(2)15(21-16(25)12-5-4-6-12)17(26)22-19-24-23-18(27-19)13-7-9-14(20)10-8-13/h7-12,15H,3-6H2,1-2H3,(H,21,25)(H,22,24,26)/t11-,15-/m1/s1. The fourth-order valence-electron chi connectivity index (χ4n) is 2.81. The van der Waals surface area contributed by atoms with Gasteiger partial charge in [0.15, 0.2) is 0 Å². The zero-order valence-corrected chi connectivity index (χ0v) is 16.2. The van der Waals surface area contributed by atoms with E-state index in [0.29, 0.717) is 10.1 Å². The summed E-state index contributed by atoms with van der Waals surface area (Å²) in [6, 6.07) is 5.32. The lowest BCUT2D eigenvalue weighted by Gasteiger charge is -2.29. The van der Waals surface area contributed by atoms with Gasteiger partial charge in [0.1, 0.15) is 16.9 Å². The molecule has 3 rings (SSSR count). The van der Waals surface area contributed by atoms with Crippen molar-refractivity contribution in [3.63, 3.8) is 0 Å². The van der Waals surface area contributed by atoms with Gasteiger partial charge >= 0.3 is 0 Å². The van der Waals surface area contributed by atoms with Crippen LogP contribution in [0.15, 0.2) is 24.3 Å². The molecule has 1 saturated carbocycles. The van der Waals surface area contributed by atoms with Gasteiger partial charge in [0.25, 0.3) is 0 Å². The van der Waals surface area contributed by atoms with Crippen molar-refractivity contribution in [3.8, 4) is 10.6 Å². The summed E-state index contributed by atoms with van der Waals surface area (Å²) >= 11 is 1.21. The lowest BCUT2D eigenvalue weighted by atomic mass is 9.84. The average molecular weight is 390 g/mol. The molecule has 1 fully saturated rings. The summed E-state index contributed by atoms with van der Waals surface area (Å²) in [5.74, 6) is -0.644. The predicted octanol–water partition coefficient (Wildman–Crippen LogP) is 3.61. The van der Waals surface area contributed by atoms with Gasteiger partial charge in [-0.05, 0) is 43.0 Å². The van der Waals surface area contributed by atoms with Crippen molar-refractivity contribution in [1.82, 2.24) is 15.5 Å². The Kier molecular flexibility index (Phi) is 6.15. The van der Waals surface area contributed by atoms with E-state index in [4.69, 9.17) is 0 Å². The number of carbonyl (C=O) groups is 2. The Bertz CT molecular complexity index is 804. The van der Waals surface area contributed by atoms with Gasteiger partial charge in [0, 0.05) is 11.5 Å². The quantitative estimate of drug-likeness (QED) is 0.756. The van der Waals surface area contributed by atoms with E-state index in [1.165, 1.54) is 23.5 Å². The molecular weight excluding hydrogens is 367 g/mol. The minimum atomic E-state index is -0.610. The first kappa shape index (κ1) is 19.4. The summed E-state index contributed by atoms with van der Waals surface area (Å²) in [5, 5.41) is 14.6. The van der Waals surface area contributed by atoms with E-state index in [0.717, 1.165) is 31.2 Å². The molecule has 0 bridgehead atoms. The predicted molar refractivity (Wildman–Crippen MR) is 103 cm³/mol. The van der Waals surface area contributed by atoms with E-state index in [2.05, 4.69) is 20.8 Å². The van der Waals surface area contributed by atoms with Gasteiger partial charge in [0.05, 0.1) is 0 Å². The van der Waals surface area contributed by atoms with Crippen LogP contribution in [0.4, 0.5) is 9.52 Å². The second-order valence-corrected chi connectivity index (χ2v) is 7.89. The summed E-state index contributed by atoms with van der Waals surface area (Å²) in [6.07, 6.45) is 3.60. The Hall–Kier alpha value is -2.35. The Morgan fingerprint density at radius 1 is 1.26 bits per heavy atom. The molecule has 0 saturated heterocycles. The van der Waals surface area contributed by atoms with Crippen LogP contribution in [0.3, 0.4) is 0 Å². The van der Waals surface area contributed by atoms with Crippen molar-refractivity contribution in [2.75, 3.05) is 5.32 Å². The maximum atomic E-state index is 13.0. The van der Waals surface area contributed by atoms with Crippen LogP contribution in [0.2, 0.25) is 0 Å². The van der Waals surface area contributed by atoms with Gasteiger partial charge in [-0.1, -0.05) is 38.0 Å². The molecule has 1 aliphatic rings. The molecule has 6 nitrogen and oxygen atoms in total. The highest BCUT2D eigenvalue weighted by Gasteiger charge is 2.32. The van der Waals surface area contributed by atoms with Crippen LogP contribution < -0.4 is 10.6 Å². The van der Waals surface area contributed by atoms with Crippen molar-refractivity contribution in [2.24, 2.45) is 11.8 Å². The van der Waals surface area contributed by atoms with Crippen LogP contribution in [0, 0.1) is 17.7 Å². The molecule has 1 heterocycles. The van der Waals surface area contributed by atoms with Crippen molar-refractivity contribution < 1.29 is 14.0 Å². The van der Waals surface area contributed by atoms with E-state index < -0.39 is 6.04 Å². The molecule has 1 aliphatic carbocycles. The third kappa shape index (κ3) is 4.68. The number of nitrogens with zero attached hydrogens (tertiary/aromatic N) is 2. The van der Waals surface area contributed by atoms with Gasteiger partial charge in [-0.2, -0.15) is 0 Å². The van der Waals surface area contributed by atoms with Gasteiger partial charge in [0.2, 0.25) is 16.9 Å². The Morgan fingerprint density at radius 3 is 2.56 bits per heavy atom. The number of carbonyl (C=O) groups excluding carboxylic acids is 2. The van der Waals surface area contributed by atoms with Gasteiger partial charge in [-0.25, -0.2) is 4.39 Å². The normalized spacial score (nSPS) is 16.3. The van der Waals surface area contributed by atoms with E-state index in [1.807, 2.05) is 13.8 Å². The minimum Gasteiger partial charge on any atom is -0.344 e. The van der Waals surface area contributed by atoms with Crippen LogP contribution in [-0.2, 0) is 9.59 Å². The Morgan fingerprint density at radius 2 is 1.96 bits per heavy atom. The molecular formula is C19H23FN4O2S. The molecule has 8 heteroatoms. The first-order valence-corrected chi connectivity index (χ1v) is 10.00. The molecule has 2 amide bonds. The summed E-state index contributed by atoms with van der Waals surface area (Å²) in [4.78, 5) is 25.0. The summed E-state index contributed by atoms with van der Waals surface area (Å²) in [6.45, 7) is 3.92. The van der Waals surface area contributed by atoms with Crippen molar-refractivity contribution in [3.05, 3.63) is 30.1 Å². The third-order valence-electron chi connectivity index (χ3n) is 5.02. The summed E-state index contributed by atoms with van der Waals surface area (Å²) in [5.41, 5.74) is 0.728. The number of anilines is 1. The topological polar surface area (TPSA) is 84.0 Å². The molecule has 0 unspecified atom stereocenters. The fourth-order valence-corrected chi connectivity index (χ4v) is 3.56. The highest BCUT2D eigenvalue weighted by Crippen LogP contribution is 2.28. The second kappa shape index (κ2) is 8.56. The largest absolute Gasteiger partial charge is 0.344 e. The first-order valence-electron chi connectivity index (χ1n) is 9.18. The molecule has 0 aliphatic heterocycles.